The fourth-order valence-corrected chi connectivity index (χ4v) is 1.93. The van der Waals surface area contributed by atoms with Crippen LogP contribution in [0.4, 0.5) is 0 Å². The number of imide groups is 1. The molecule has 4 nitrogen and oxygen atoms in total. The Labute approximate surface area is 64.3 Å². The predicted molar refractivity (Wildman–Crippen MR) is 36.9 cm³/mol. The second-order valence-corrected chi connectivity index (χ2v) is 3.25. The van der Waals surface area contributed by atoms with Crippen LogP contribution < -0.4 is 5.84 Å². The smallest absolute Gasteiger partial charge is 0.246 e. The molecule has 2 aliphatic rings. The van der Waals surface area contributed by atoms with Gasteiger partial charge < -0.3 is 0 Å². The first-order valence-electron chi connectivity index (χ1n) is 3.82. The van der Waals surface area contributed by atoms with Gasteiger partial charge in [0.05, 0.1) is 0 Å². The quantitative estimate of drug-likeness (QED) is 0.294. The van der Waals surface area contributed by atoms with Crippen LogP contribution in [0, 0.1) is 11.8 Å². The zero-order valence-corrected chi connectivity index (χ0v) is 6.12. The largest absolute Gasteiger partial charge is 0.273 e. The van der Waals surface area contributed by atoms with E-state index < -0.39 is 0 Å². The summed E-state index contributed by atoms with van der Waals surface area (Å²) < 4.78 is 0. The van der Waals surface area contributed by atoms with E-state index >= 15 is 0 Å². The topological polar surface area (TPSA) is 63.4 Å². The molecule has 2 bridgehead atoms. The molecule has 0 radical (unpaired) electrons. The molecule has 1 aliphatic carbocycles. The number of carbonyl (C=O) groups excluding carboxylic acids is 2. The molecule has 0 aromatic carbocycles. The monoisotopic (exact) mass is 154 g/mol. The highest BCUT2D eigenvalue weighted by molar-refractivity contribution is 6.00. The molecule has 2 unspecified atom stereocenters. The number of fused-ring (bicyclic) bond motifs is 2. The van der Waals surface area contributed by atoms with Crippen molar-refractivity contribution in [2.75, 3.05) is 0 Å². The molecule has 4 heteroatoms. The number of nitrogens with zero attached hydrogens (tertiary/aromatic N) is 1. The first kappa shape index (κ1) is 6.79. The lowest BCUT2D eigenvalue weighted by Gasteiger charge is -2.24. The number of nitrogens with two attached hydrogens (primary N) is 1. The maximum Gasteiger partial charge on any atom is 0.246 e. The number of hydrogen-bond acceptors (Lipinski definition) is 3. The SMILES string of the molecule is NN1C(=O)C2CCC(C2)C1=O. The van der Waals surface area contributed by atoms with E-state index in [1.54, 1.807) is 0 Å². The van der Waals surface area contributed by atoms with Crippen LogP contribution in [0.5, 0.6) is 0 Å². The minimum atomic E-state index is -0.191. The van der Waals surface area contributed by atoms with E-state index in [0.717, 1.165) is 24.3 Å². The van der Waals surface area contributed by atoms with Crippen LogP contribution in [0.3, 0.4) is 0 Å². The molecule has 2 atom stereocenters. The van der Waals surface area contributed by atoms with E-state index in [1.807, 2.05) is 0 Å². The van der Waals surface area contributed by atoms with E-state index in [9.17, 15) is 9.59 Å². The second-order valence-electron chi connectivity index (χ2n) is 3.25. The summed E-state index contributed by atoms with van der Waals surface area (Å²) in [6.45, 7) is 0. The molecular formula is C7H10N2O2. The van der Waals surface area contributed by atoms with Crippen LogP contribution in [-0.2, 0) is 9.59 Å². The van der Waals surface area contributed by atoms with Gasteiger partial charge >= 0.3 is 0 Å². The summed E-state index contributed by atoms with van der Waals surface area (Å²) in [5, 5.41) is 0.797. The summed E-state index contributed by atoms with van der Waals surface area (Å²) in [6, 6.07) is 0. The zero-order valence-electron chi connectivity index (χ0n) is 6.12. The predicted octanol–water partition coefficient (Wildman–Crippen LogP) is -0.355. The Morgan fingerprint density at radius 1 is 1.18 bits per heavy atom. The first-order valence-corrected chi connectivity index (χ1v) is 3.82. The molecular weight excluding hydrogens is 144 g/mol. The third-order valence-electron chi connectivity index (χ3n) is 2.61. The highest BCUT2D eigenvalue weighted by Gasteiger charge is 2.44. The summed E-state index contributed by atoms with van der Waals surface area (Å²) in [6.07, 6.45) is 2.40. The van der Waals surface area contributed by atoms with Crippen molar-refractivity contribution in [3.63, 3.8) is 0 Å². The Kier molecular flexibility index (Phi) is 1.26. The minimum absolute atomic E-state index is 0.0303. The van der Waals surface area contributed by atoms with Crippen molar-refractivity contribution in [3.05, 3.63) is 0 Å². The van der Waals surface area contributed by atoms with Crippen LogP contribution in [0.25, 0.3) is 0 Å². The molecule has 1 heterocycles. The molecule has 11 heavy (non-hydrogen) atoms. The summed E-state index contributed by atoms with van der Waals surface area (Å²) in [4.78, 5) is 22.3. The lowest BCUT2D eigenvalue weighted by atomic mass is 9.99. The van der Waals surface area contributed by atoms with Crippen LogP contribution in [0.15, 0.2) is 0 Å². The van der Waals surface area contributed by atoms with Crippen molar-refractivity contribution in [2.45, 2.75) is 19.3 Å². The van der Waals surface area contributed by atoms with Crippen LogP contribution in [0.1, 0.15) is 19.3 Å². The summed E-state index contributed by atoms with van der Waals surface area (Å²) in [5.74, 6) is 4.96. The second kappa shape index (κ2) is 2.04. The number of amides is 2. The molecule has 1 saturated carbocycles. The van der Waals surface area contributed by atoms with Gasteiger partial charge in [-0.05, 0) is 19.3 Å². The van der Waals surface area contributed by atoms with E-state index in [-0.39, 0.29) is 23.7 Å². The molecule has 2 amide bonds. The Balaban J connectivity index is 2.30. The zero-order chi connectivity index (χ0) is 8.01. The van der Waals surface area contributed by atoms with Gasteiger partial charge in [-0.2, -0.15) is 0 Å². The third-order valence-corrected chi connectivity index (χ3v) is 2.61. The van der Waals surface area contributed by atoms with Gasteiger partial charge in [-0.15, -0.1) is 0 Å². The Morgan fingerprint density at radius 3 is 2.09 bits per heavy atom. The third kappa shape index (κ3) is 0.790. The molecule has 2 fully saturated rings. The maximum atomic E-state index is 11.2. The van der Waals surface area contributed by atoms with Gasteiger partial charge in [-0.25, -0.2) is 10.9 Å². The van der Waals surface area contributed by atoms with E-state index in [1.165, 1.54) is 0 Å². The fourth-order valence-electron chi connectivity index (χ4n) is 1.93. The summed E-state index contributed by atoms with van der Waals surface area (Å²) >= 11 is 0. The lowest BCUT2D eigenvalue weighted by Crippen LogP contribution is -2.50. The van der Waals surface area contributed by atoms with Crippen molar-refractivity contribution in [1.82, 2.24) is 5.01 Å². The van der Waals surface area contributed by atoms with Gasteiger partial charge in [0.1, 0.15) is 0 Å². The summed E-state index contributed by atoms with van der Waals surface area (Å²) in [5.41, 5.74) is 0. The fraction of sp³-hybridized carbons (Fsp3) is 0.714. The highest BCUT2D eigenvalue weighted by Crippen LogP contribution is 2.36. The number of rotatable bonds is 0. The van der Waals surface area contributed by atoms with Crippen LogP contribution in [0.2, 0.25) is 0 Å². The number of piperidine rings is 1. The minimum Gasteiger partial charge on any atom is -0.273 e. The van der Waals surface area contributed by atoms with E-state index in [4.69, 9.17) is 5.84 Å². The van der Waals surface area contributed by atoms with Gasteiger partial charge in [-0.3, -0.25) is 9.59 Å². The van der Waals surface area contributed by atoms with Crippen LogP contribution >= 0.6 is 0 Å². The van der Waals surface area contributed by atoms with Crippen molar-refractivity contribution in [1.29, 1.82) is 0 Å². The van der Waals surface area contributed by atoms with Crippen molar-refractivity contribution >= 4 is 11.8 Å². The lowest BCUT2D eigenvalue weighted by molar-refractivity contribution is -0.153. The number of hydrazine groups is 1. The van der Waals surface area contributed by atoms with Crippen molar-refractivity contribution in [2.24, 2.45) is 17.7 Å². The molecule has 60 valence electrons. The summed E-state index contributed by atoms with van der Waals surface area (Å²) in [7, 11) is 0. The average molecular weight is 154 g/mol. The van der Waals surface area contributed by atoms with Gasteiger partial charge in [0, 0.05) is 11.8 Å². The van der Waals surface area contributed by atoms with Crippen LogP contribution in [-0.4, -0.2) is 16.8 Å². The van der Waals surface area contributed by atoms with E-state index in [2.05, 4.69) is 0 Å². The van der Waals surface area contributed by atoms with Crippen molar-refractivity contribution < 1.29 is 9.59 Å². The van der Waals surface area contributed by atoms with Crippen molar-refractivity contribution in [3.8, 4) is 0 Å². The van der Waals surface area contributed by atoms with Gasteiger partial charge in [0.15, 0.2) is 0 Å². The molecule has 1 aliphatic heterocycles. The normalized spacial score (nSPS) is 36.6. The van der Waals surface area contributed by atoms with Gasteiger partial charge in [-0.1, -0.05) is 0 Å². The van der Waals surface area contributed by atoms with Gasteiger partial charge in [0.2, 0.25) is 11.8 Å². The van der Waals surface area contributed by atoms with Gasteiger partial charge in [0.25, 0.3) is 0 Å². The standard InChI is InChI=1S/C7H10N2O2/c8-9-6(10)4-1-2-5(3-4)7(9)11/h4-5H,1-3,8H2. The highest BCUT2D eigenvalue weighted by atomic mass is 16.2. The number of hydrogen-bond donors (Lipinski definition) is 1. The maximum absolute atomic E-state index is 11.2. The Morgan fingerprint density at radius 2 is 1.64 bits per heavy atom. The Bertz CT molecular complexity index is 204. The molecule has 0 aromatic heterocycles. The average Bonchev–Trinajstić information content (AvgIpc) is 2.44. The molecule has 1 saturated heterocycles. The molecule has 0 aromatic rings. The van der Waals surface area contributed by atoms with E-state index in [0.29, 0.717) is 0 Å². The first-order chi connectivity index (χ1) is 5.20. The molecule has 2 N–H and O–H groups in total. The number of carbonyl (C=O) groups is 2. The molecule has 2 rings (SSSR count). The molecule has 0 spiro atoms. The Hall–Kier alpha value is -0.900.